The number of non-ortho nitro benzene ring substituents is 1. The molecule has 1 aromatic rings. The van der Waals surface area contributed by atoms with Gasteiger partial charge in [-0.25, -0.2) is 4.57 Å². The van der Waals surface area contributed by atoms with Crippen LogP contribution in [0.3, 0.4) is 0 Å². The SMILES string of the molecule is CP(=O)(Oc1ccc([N+](=O)[O-])cc1)OC1CCCCC1. The Morgan fingerprint density at radius 3 is 2.35 bits per heavy atom. The fourth-order valence-electron chi connectivity index (χ4n) is 2.28. The molecule has 0 amide bonds. The molecule has 7 heteroatoms. The molecule has 0 bridgehead atoms. The summed E-state index contributed by atoms with van der Waals surface area (Å²) in [5.74, 6) is 0.317. The number of nitro benzene ring substituents is 1. The van der Waals surface area contributed by atoms with Gasteiger partial charge in [-0.2, -0.15) is 0 Å². The molecule has 0 aromatic heterocycles. The zero-order chi connectivity index (χ0) is 14.6. The minimum absolute atomic E-state index is 0.0161. The van der Waals surface area contributed by atoms with E-state index >= 15 is 0 Å². The summed E-state index contributed by atoms with van der Waals surface area (Å²) < 4.78 is 23.2. The molecule has 0 saturated heterocycles. The Balaban J connectivity index is 1.96. The zero-order valence-corrected chi connectivity index (χ0v) is 12.3. The first-order valence-corrected chi connectivity index (χ1v) is 8.65. The van der Waals surface area contributed by atoms with Gasteiger partial charge in [0.25, 0.3) is 5.69 Å². The number of rotatable bonds is 5. The minimum Gasteiger partial charge on any atom is -0.425 e. The Bertz CT molecular complexity index is 510. The number of hydrogen-bond acceptors (Lipinski definition) is 5. The first-order chi connectivity index (χ1) is 9.46. The molecule has 0 N–H and O–H groups in total. The van der Waals surface area contributed by atoms with Crippen molar-refractivity contribution in [1.82, 2.24) is 0 Å². The van der Waals surface area contributed by atoms with E-state index in [9.17, 15) is 14.7 Å². The second-order valence-electron chi connectivity index (χ2n) is 4.98. The quantitative estimate of drug-likeness (QED) is 0.463. The van der Waals surface area contributed by atoms with E-state index in [0.29, 0.717) is 5.75 Å². The smallest absolute Gasteiger partial charge is 0.376 e. The predicted molar refractivity (Wildman–Crippen MR) is 75.2 cm³/mol. The molecule has 0 radical (unpaired) electrons. The van der Waals surface area contributed by atoms with Crippen LogP contribution in [0.15, 0.2) is 24.3 Å². The van der Waals surface area contributed by atoms with Crippen LogP contribution in [0.1, 0.15) is 32.1 Å². The standard InChI is InChI=1S/C13H18NO5P/c1-20(17,18-12-5-3-2-4-6-12)19-13-9-7-11(8-10-13)14(15)16/h7-10,12H,2-6H2,1H3. The van der Waals surface area contributed by atoms with E-state index in [4.69, 9.17) is 9.05 Å². The van der Waals surface area contributed by atoms with Gasteiger partial charge in [-0.05, 0) is 25.0 Å². The summed E-state index contributed by atoms with van der Waals surface area (Å²) in [6.07, 6.45) is 5.15. The lowest BCUT2D eigenvalue weighted by molar-refractivity contribution is -0.384. The van der Waals surface area contributed by atoms with E-state index < -0.39 is 12.5 Å². The van der Waals surface area contributed by atoms with Gasteiger partial charge >= 0.3 is 7.60 Å². The molecule has 0 aliphatic heterocycles. The largest absolute Gasteiger partial charge is 0.425 e. The summed E-state index contributed by atoms with van der Waals surface area (Å²) in [6.45, 7) is 1.43. The molecule has 1 aliphatic rings. The Hall–Kier alpha value is -1.39. The first kappa shape index (κ1) is 15.0. The molecule has 6 nitrogen and oxygen atoms in total. The highest BCUT2D eigenvalue weighted by Crippen LogP contribution is 2.47. The monoisotopic (exact) mass is 299 g/mol. The molecular formula is C13H18NO5P. The molecule has 1 aromatic carbocycles. The summed E-state index contributed by atoms with van der Waals surface area (Å²) in [6, 6.07) is 5.49. The van der Waals surface area contributed by atoms with Crippen molar-refractivity contribution < 1.29 is 18.5 Å². The average molecular weight is 299 g/mol. The van der Waals surface area contributed by atoms with Gasteiger partial charge in [0.05, 0.1) is 11.0 Å². The number of benzene rings is 1. The van der Waals surface area contributed by atoms with Crippen LogP contribution in [0.4, 0.5) is 5.69 Å². The third-order valence-corrected chi connectivity index (χ3v) is 4.44. The van der Waals surface area contributed by atoms with Gasteiger partial charge < -0.3 is 4.52 Å². The van der Waals surface area contributed by atoms with Crippen molar-refractivity contribution >= 4 is 13.3 Å². The van der Waals surface area contributed by atoms with Crippen molar-refractivity contribution in [3.8, 4) is 5.75 Å². The Morgan fingerprint density at radius 1 is 1.20 bits per heavy atom. The first-order valence-electron chi connectivity index (χ1n) is 6.66. The molecule has 1 saturated carbocycles. The van der Waals surface area contributed by atoms with Crippen molar-refractivity contribution in [3.05, 3.63) is 34.4 Å². The van der Waals surface area contributed by atoms with E-state index in [1.54, 1.807) is 0 Å². The molecule has 0 spiro atoms. The third-order valence-electron chi connectivity index (χ3n) is 3.21. The maximum atomic E-state index is 12.3. The topological polar surface area (TPSA) is 78.7 Å². The number of nitro groups is 1. The molecule has 1 atom stereocenters. The lowest BCUT2D eigenvalue weighted by atomic mass is 9.98. The third kappa shape index (κ3) is 4.32. The maximum Gasteiger partial charge on any atom is 0.376 e. The molecule has 20 heavy (non-hydrogen) atoms. The van der Waals surface area contributed by atoms with Gasteiger partial charge in [0, 0.05) is 18.8 Å². The molecule has 1 aliphatic carbocycles. The Morgan fingerprint density at radius 2 is 1.80 bits per heavy atom. The van der Waals surface area contributed by atoms with E-state index in [0.717, 1.165) is 25.7 Å². The van der Waals surface area contributed by atoms with E-state index in [-0.39, 0.29) is 11.8 Å². The second-order valence-corrected chi connectivity index (χ2v) is 6.92. The van der Waals surface area contributed by atoms with Crippen LogP contribution in [-0.2, 0) is 9.09 Å². The maximum absolute atomic E-state index is 12.3. The molecule has 110 valence electrons. The molecule has 0 heterocycles. The van der Waals surface area contributed by atoms with Crippen LogP contribution in [0, 0.1) is 10.1 Å². The van der Waals surface area contributed by atoms with Crippen molar-refractivity contribution in [2.45, 2.75) is 38.2 Å². The van der Waals surface area contributed by atoms with Crippen molar-refractivity contribution in [3.63, 3.8) is 0 Å². The van der Waals surface area contributed by atoms with E-state index in [1.165, 1.54) is 37.4 Å². The summed E-state index contributed by atoms with van der Waals surface area (Å²) in [5, 5.41) is 10.5. The van der Waals surface area contributed by atoms with Gasteiger partial charge in [0.15, 0.2) is 0 Å². The van der Waals surface area contributed by atoms with Crippen LogP contribution >= 0.6 is 7.60 Å². The normalized spacial score (nSPS) is 19.2. The highest BCUT2D eigenvalue weighted by Gasteiger charge is 2.26. The van der Waals surface area contributed by atoms with Gasteiger partial charge in [-0.1, -0.05) is 19.3 Å². The van der Waals surface area contributed by atoms with Gasteiger partial charge in [-0.15, -0.1) is 0 Å². The highest BCUT2D eigenvalue weighted by molar-refractivity contribution is 7.53. The van der Waals surface area contributed by atoms with Gasteiger partial charge in [-0.3, -0.25) is 14.6 Å². The van der Waals surface area contributed by atoms with Crippen LogP contribution in [-0.4, -0.2) is 17.7 Å². The fraction of sp³-hybridized carbons (Fsp3) is 0.538. The van der Waals surface area contributed by atoms with E-state index in [2.05, 4.69) is 0 Å². The summed E-state index contributed by atoms with van der Waals surface area (Å²) in [4.78, 5) is 10.1. The van der Waals surface area contributed by atoms with Crippen molar-refractivity contribution in [1.29, 1.82) is 0 Å². The van der Waals surface area contributed by atoms with E-state index in [1.807, 2.05) is 0 Å². The fourth-order valence-corrected chi connectivity index (χ4v) is 3.58. The van der Waals surface area contributed by atoms with Crippen LogP contribution in [0.5, 0.6) is 5.75 Å². The Kier molecular flexibility index (Phi) is 4.78. The summed E-state index contributed by atoms with van der Waals surface area (Å²) in [7, 11) is -3.19. The van der Waals surface area contributed by atoms with Gasteiger partial charge in [0.1, 0.15) is 5.75 Å². The minimum atomic E-state index is -3.19. The molecule has 1 unspecified atom stereocenters. The number of nitrogens with zero attached hydrogens (tertiary/aromatic N) is 1. The van der Waals surface area contributed by atoms with Crippen molar-refractivity contribution in [2.75, 3.05) is 6.66 Å². The lowest BCUT2D eigenvalue weighted by Gasteiger charge is -2.25. The second kappa shape index (κ2) is 6.37. The van der Waals surface area contributed by atoms with Gasteiger partial charge in [0.2, 0.25) is 0 Å². The van der Waals surface area contributed by atoms with Crippen LogP contribution < -0.4 is 4.52 Å². The summed E-state index contributed by atoms with van der Waals surface area (Å²) >= 11 is 0. The highest BCUT2D eigenvalue weighted by atomic mass is 31.2. The lowest BCUT2D eigenvalue weighted by Crippen LogP contribution is -2.16. The predicted octanol–water partition coefficient (Wildman–Crippen LogP) is 4.15. The number of hydrogen-bond donors (Lipinski definition) is 0. The Labute approximate surface area is 117 Å². The van der Waals surface area contributed by atoms with Crippen LogP contribution in [0.25, 0.3) is 0 Å². The molecule has 2 rings (SSSR count). The molecule has 1 fully saturated rings. The van der Waals surface area contributed by atoms with Crippen LogP contribution in [0.2, 0.25) is 0 Å². The summed E-state index contributed by atoms with van der Waals surface area (Å²) in [5.41, 5.74) is -0.0310. The average Bonchev–Trinajstić information content (AvgIpc) is 2.39. The molecular weight excluding hydrogens is 281 g/mol. The zero-order valence-electron chi connectivity index (χ0n) is 11.4. The van der Waals surface area contributed by atoms with Crippen molar-refractivity contribution in [2.24, 2.45) is 0 Å².